The zero-order valence-electron chi connectivity index (χ0n) is 13.2. The van der Waals surface area contributed by atoms with Crippen LogP contribution in [0.2, 0.25) is 5.02 Å². The fraction of sp³-hybridized carbons (Fsp3) is 0.0625. The lowest BCUT2D eigenvalue weighted by Gasteiger charge is -2.26. The Hall–Kier alpha value is -3.46. The Bertz CT molecular complexity index is 994. The minimum atomic E-state index is -0.937. The molecular weight excluding hydrogens is 366 g/mol. The Balaban J connectivity index is 2.00. The summed E-state index contributed by atoms with van der Waals surface area (Å²) < 4.78 is 4.91. The summed E-state index contributed by atoms with van der Waals surface area (Å²) in [5.74, 6) is -2.46. The van der Waals surface area contributed by atoms with Crippen LogP contribution < -0.4 is 10.2 Å². The molecule has 1 aliphatic rings. The fourth-order valence-corrected chi connectivity index (χ4v) is 2.45. The SMILES string of the molecule is Cc1ccc(N2C(=O)NC(=O)/C(=C/c3ccc([N+](=O)[O-])o3)C2=O)cc1Cl. The number of amides is 4. The number of aryl methyl sites for hydroxylation is 1. The van der Waals surface area contributed by atoms with Crippen LogP contribution in [-0.4, -0.2) is 22.8 Å². The largest absolute Gasteiger partial charge is 0.433 e. The van der Waals surface area contributed by atoms with Crippen molar-refractivity contribution in [3.63, 3.8) is 0 Å². The van der Waals surface area contributed by atoms with Crippen LogP contribution in [0.3, 0.4) is 0 Å². The van der Waals surface area contributed by atoms with Gasteiger partial charge in [0.25, 0.3) is 11.8 Å². The number of rotatable bonds is 3. The number of furan rings is 1. The van der Waals surface area contributed by atoms with Crippen LogP contribution in [-0.2, 0) is 9.59 Å². The zero-order valence-corrected chi connectivity index (χ0v) is 13.9. The van der Waals surface area contributed by atoms with Crippen LogP contribution in [0.25, 0.3) is 6.08 Å². The molecule has 2 aromatic rings. The van der Waals surface area contributed by atoms with Gasteiger partial charge in [0.05, 0.1) is 11.8 Å². The molecule has 4 amide bonds. The van der Waals surface area contributed by atoms with E-state index in [1.54, 1.807) is 13.0 Å². The average molecular weight is 376 g/mol. The van der Waals surface area contributed by atoms with Crippen LogP contribution in [0, 0.1) is 17.0 Å². The van der Waals surface area contributed by atoms with E-state index in [1.807, 2.05) is 5.32 Å². The summed E-state index contributed by atoms with van der Waals surface area (Å²) in [6.45, 7) is 1.75. The second-order valence-electron chi connectivity index (χ2n) is 5.32. The summed E-state index contributed by atoms with van der Waals surface area (Å²) >= 11 is 6.03. The summed E-state index contributed by atoms with van der Waals surface area (Å²) in [6, 6.07) is 5.93. The second-order valence-corrected chi connectivity index (χ2v) is 5.73. The van der Waals surface area contributed by atoms with E-state index in [2.05, 4.69) is 0 Å². The Morgan fingerprint density at radius 3 is 2.58 bits per heavy atom. The first-order valence-corrected chi connectivity index (χ1v) is 7.57. The van der Waals surface area contributed by atoms with E-state index in [9.17, 15) is 24.5 Å². The van der Waals surface area contributed by atoms with Gasteiger partial charge in [-0.05, 0) is 36.8 Å². The maximum atomic E-state index is 12.6. The standard InChI is InChI=1S/C16H10ClN3O6/c1-8-2-3-9(6-12(8)17)19-15(22)11(14(21)18-16(19)23)7-10-4-5-13(26-10)20(24)25/h2-7H,1H3,(H,18,21,23)/b11-7-. The van der Waals surface area contributed by atoms with Crippen molar-refractivity contribution in [2.45, 2.75) is 6.92 Å². The van der Waals surface area contributed by atoms with E-state index in [-0.39, 0.29) is 11.4 Å². The van der Waals surface area contributed by atoms with Crippen molar-refractivity contribution in [3.05, 3.63) is 62.4 Å². The molecule has 1 fully saturated rings. The van der Waals surface area contributed by atoms with Crippen molar-refractivity contribution in [1.29, 1.82) is 0 Å². The molecule has 26 heavy (non-hydrogen) atoms. The number of urea groups is 1. The monoisotopic (exact) mass is 375 g/mol. The highest BCUT2D eigenvalue weighted by atomic mass is 35.5. The van der Waals surface area contributed by atoms with E-state index in [1.165, 1.54) is 18.2 Å². The third kappa shape index (κ3) is 3.07. The van der Waals surface area contributed by atoms with E-state index >= 15 is 0 Å². The van der Waals surface area contributed by atoms with Gasteiger partial charge in [-0.25, -0.2) is 9.69 Å². The van der Waals surface area contributed by atoms with Crippen molar-refractivity contribution in [3.8, 4) is 0 Å². The molecule has 10 heteroatoms. The third-order valence-electron chi connectivity index (χ3n) is 3.59. The number of halogens is 1. The first kappa shape index (κ1) is 17.4. The Morgan fingerprint density at radius 1 is 1.23 bits per heavy atom. The number of nitro groups is 1. The molecule has 0 atom stereocenters. The van der Waals surface area contributed by atoms with Gasteiger partial charge >= 0.3 is 11.9 Å². The van der Waals surface area contributed by atoms with Gasteiger partial charge in [0.2, 0.25) is 0 Å². The minimum Gasteiger partial charge on any atom is -0.401 e. The molecule has 1 N–H and O–H groups in total. The molecule has 0 unspecified atom stereocenters. The maximum absolute atomic E-state index is 12.6. The number of carbonyl (C=O) groups is 3. The maximum Gasteiger partial charge on any atom is 0.433 e. The van der Waals surface area contributed by atoms with Gasteiger partial charge in [0.1, 0.15) is 16.3 Å². The zero-order chi connectivity index (χ0) is 19.0. The van der Waals surface area contributed by atoms with Crippen LogP contribution in [0.4, 0.5) is 16.4 Å². The number of benzene rings is 1. The molecule has 2 heterocycles. The normalized spacial score (nSPS) is 16.2. The first-order valence-electron chi connectivity index (χ1n) is 7.20. The second kappa shape index (κ2) is 6.45. The molecule has 0 aliphatic carbocycles. The van der Waals surface area contributed by atoms with E-state index in [4.69, 9.17) is 16.0 Å². The van der Waals surface area contributed by atoms with Crippen LogP contribution in [0.5, 0.6) is 0 Å². The number of nitrogens with one attached hydrogen (secondary N) is 1. The van der Waals surface area contributed by atoms with Gasteiger partial charge in [0, 0.05) is 5.02 Å². The number of hydrogen-bond donors (Lipinski definition) is 1. The number of barbiturate groups is 1. The van der Waals surface area contributed by atoms with Crippen molar-refractivity contribution in [2.75, 3.05) is 4.90 Å². The molecule has 132 valence electrons. The van der Waals surface area contributed by atoms with Gasteiger partial charge in [-0.2, -0.15) is 0 Å². The molecule has 0 bridgehead atoms. The van der Waals surface area contributed by atoms with Gasteiger partial charge < -0.3 is 4.42 Å². The predicted octanol–water partition coefficient (Wildman–Crippen LogP) is 2.82. The molecule has 0 spiro atoms. The lowest BCUT2D eigenvalue weighted by Crippen LogP contribution is -2.54. The van der Waals surface area contributed by atoms with E-state index in [0.29, 0.717) is 5.02 Å². The Kier molecular flexibility index (Phi) is 4.31. The fourth-order valence-electron chi connectivity index (χ4n) is 2.27. The van der Waals surface area contributed by atoms with Crippen LogP contribution in [0.1, 0.15) is 11.3 Å². The highest BCUT2D eigenvalue weighted by Crippen LogP contribution is 2.27. The van der Waals surface area contributed by atoms with Gasteiger partial charge in [-0.1, -0.05) is 17.7 Å². The molecule has 1 saturated heterocycles. The predicted molar refractivity (Wildman–Crippen MR) is 90.6 cm³/mol. The van der Waals surface area contributed by atoms with Gasteiger partial charge in [0.15, 0.2) is 0 Å². The van der Waals surface area contributed by atoms with Crippen LogP contribution >= 0.6 is 11.6 Å². The summed E-state index contributed by atoms with van der Waals surface area (Å²) in [5.41, 5.74) is 0.507. The van der Waals surface area contributed by atoms with Crippen molar-refractivity contribution >= 4 is 47.1 Å². The first-order chi connectivity index (χ1) is 12.3. The summed E-state index contributed by atoms with van der Waals surface area (Å²) in [7, 11) is 0. The molecule has 1 aromatic heterocycles. The van der Waals surface area contributed by atoms with E-state index in [0.717, 1.165) is 22.6 Å². The summed E-state index contributed by atoms with van der Waals surface area (Å²) in [6.07, 6.45) is 1.03. The van der Waals surface area contributed by atoms with Crippen molar-refractivity contribution in [1.82, 2.24) is 5.32 Å². The van der Waals surface area contributed by atoms with E-state index < -0.39 is 34.2 Å². The molecule has 3 rings (SSSR count). The van der Waals surface area contributed by atoms with Crippen molar-refractivity contribution < 1.29 is 23.7 Å². The number of imide groups is 2. The molecule has 0 radical (unpaired) electrons. The molecule has 1 aliphatic heterocycles. The summed E-state index contributed by atoms with van der Waals surface area (Å²) in [5, 5.41) is 13.0. The Labute approximate surface area is 151 Å². The third-order valence-corrected chi connectivity index (χ3v) is 4.00. The highest BCUT2D eigenvalue weighted by molar-refractivity contribution is 6.39. The van der Waals surface area contributed by atoms with Crippen molar-refractivity contribution in [2.24, 2.45) is 0 Å². The lowest BCUT2D eigenvalue weighted by molar-refractivity contribution is -0.402. The number of carbonyl (C=O) groups excluding carboxylic acids is 3. The molecule has 1 aromatic carbocycles. The molecular formula is C16H10ClN3O6. The average Bonchev–Trinajstić information content (AvgIpc) is 3.03. The molecule has 0 saturated carbocycles. The van der Waals surface area contributed by atoms with Gasteiger partial charge in [-0.3, -0.25) is 25.0 Å². The smallest absolute Gasteiger partial charge is 0.401 e. The minimum absolute atomic E-state index is 0.0774. The lowest BCUT2D eigenvalue weighted by atomic mass is 10.1. The number of anilines is 1. The van der Waals surface area contributed by atoms with Crippen LogP contribution in [0.15, 0.2) is 40.3 Å². The number of hydrogen-bond acceptors (Lipinski definition) is 6. The topological polar surface area (TPSA) is 123 Å². The quantitative estimate of drug-likeness (QED) is 0.381. The highest BCUT2D eigenvalue weighted by Gasteiger charge is 2.37. The molecule has 9 nitrogen and oxygen atoms in total. The summed E-state index contributed by atoms with van der Waals surface area (Å²) in [4.78, 5) is 47.4. The Morgan fingerprint density at radius 2 is 1.96 bits per heavy atom. The number of nitrogens with zero attached hydrogens (tertiary/aromatic N) is 2. The van der Waals surface area contributed by atoms with Gasteiger partial charge in [-0.15, -0.1) is 0 Å².